The van der Waals surface area contributed by atoms with Crippen molar-refractivity contribution in [2.45, 2.75) is 267 Å². The maximum atomic E-state index is 13.4. The van der Waals surface area contributed by atoms with Gasteiger partial charge in [0.05, 0.1) is 73.9 Å². The lowest BCUT2D eigenvalue weighted by Gasteiger charge is -2.50. The fourth-order valence-corrected chi connectivity index (χ4v) is 13.8. The Labute approximate surface area is 515 Å². The van der Waals surface area contributed by atoms with E-state index in [1.807, 2.05) is 0 Å². The molecule has 0 bridgehead atoms. The molecule has 33 nitrogen and oxygen atoms in total. The number of allylic oxidation sites excluding steroid dienone is 2. The van der Waals surface area contributed by atoms with Crippen LogP contribution < -0.4 is 5.11 Å². The van der Waals surface area contributed by atoms with E-state index < -0.39 is 240 Å². The van der Waals surface area contributed by atoms with Crippen LogP contribution in [0.1, 0.15) is 77.0 Å². The number of carbonyl (C=O) groups excluding carboxylic acids is 3. The second-order valence-corrected chi connectivity index (χ2v) is 25.3. The lowest BCUT2D eigenvalue weighted by molar-refractivity contribution is -0.389. The molecule has 0 aromatic rings. The van der Waals surface area contributed by atoms with E-state index in [2.05, 4.69) is 0 Å². The van der Waals surface area contributed by atoms with Gasteiger partial charge in [-0.05, 0) is 76.0 Å². The average molecular weight is 1300 g/mol. The number of fused-ring (bicyclic) bond motifs is 1. The summed E-state index contributed by atoms with van der Waals surface area (Å²) in [7, 11) is 0. The van der Waals surface area contributed by atoms with Crippen LogP contribution in [0.25, 0.3) is 0 Å². The van der Waals surface area contributed by atoms with Crippen LogP contribution in [0.4, 0.5) is 0 Å². The van der Waals surface area contributed by atoms with Crippen LogP contribution >= 0.6 is 0 Å². The SMILES string of the molecule is O=C(C=CC1CCC(O)C(O)C1)OC[C@H]1O[C@@H](OC2CC(O)C3CC(O[C@@H]4O[C@H](CO)[C@H](O)[C@H](O)[C@H]4O[C@@H]4O[C@H](CO)[C@@H](O)[C@H](O)[C@H]4OC(=O)C=CC4CCC(O)C(O)C4)C(C4CCC(O)C(O[C@@H]5O[C@H](C(=O)[O-])[C@@H](O)[C@H](O)[C@H]5O)C4)[OH+]C3C2)[C@H](O)[C@@H](O)[C@@H]1O. The minimum Gasteiger partial charge on any atom is -0.547 e. The van der Waals surface area contributed by atoms with Crippen molar-refractivity contribution in [3.8, 4) is 0 Å². The Bertz CT molecular complexity index is 2390. The molecule has 5 saturated heterocycles. The first-order valence-corrected chi connectivity index (χ1v) is 30.7. The summed E-state index contributed by atoms with van der Waals surface area (Å²) < 4.78 is 64.3. The molecule has 19 N–H and O–H groups in total. The molecule has 0 aromatic carbocycles. The molecule has 15 unspecified atom stereocenters. The Hall–Kier alpha value is -3.19. The van der Waals surface area contributed by atoms with Crippen molar-refractivity contribution in [3.63, 3.8) is 0 Å². The second-order valence-electron chi connectivity index (χ2n) is 25.3. The molecule has 5 aliphatic heterocycles. The number of ether oxygens (including phenoxy) is 11. The summed E-state index contributed by atoms with van der Waals surface area (Å²) >= 11 is 0. The van der Waals surface area contributed by atoms with Gasteiger partial charge in [0, 0.05) is 30.9 Å². The molecule has 9 fully saturated rings. The van der Waals surface area contributed by atoms with E-state index >= 15 is 0 Å². The van der Waals surface area contributed by atoms with Gasteiger partial charge in [-0.2, -0.15) is 0 Å². The third-order valence-electron chi connectivity index (χ3n) is 19.2. The van der Waals surface area contributed by atoms with E-state index in [1.54, 1.807) is 0 Å². The zero-order chi connectivity index (χ0) is 65.2. The Kier molecular flexibility index (Phi) is 24.6. The van der Waals surface area contributed by atoms with Gasteiger partial charge in [-0.15, -0.1) is 0 Å². The fourth-order valence-electron chi connectivity index (χ4n) is 13.8. The average Bonchev–Trinajstić information content (AvgIpc) is 0.838. The van der Waals surface area contributed by atoms with Crippen molar-refractivity contribution in [2.75, 3.05) is 19.8 Å². The largest absolute Gasteiger partial charge is 0.547 e. The van der Waals surface area contributed by atoms with Gasteiger partial charge >= 0.3 is 11.9 Å². The molecule has 5 heterocycles. The maximum absolute atomic E-state index is 13.4. The third-order valence-corrected chi connectivity index (χ3v) is 19.2. The third kappa shape index (κ3) is 16.4. The smallest absolute Gasteiger partial charge is 0.330 e. The standard InChI is InChI=1S/C57H88O33/c58-17-34-40(69)45(74)52(90-57-51(44(73)39(68)35(18-59)86-57)88-38(67)10-4-21-2-7-26(61)30(65)12-21)56(85-34)84-33-16-24-28(63)14-23(81-54-47(76)42(71)41(70)36(87-54)19-80-37(66)9-3-20-1-6-25(60)29(64)11-20)15-31(24)82-49(33)22-5-8-27(62)32(13-22)83-55-48(77)43(72)46(75)50(89-55)53(78)79/h3-4,9-10,20-36,39-52,54-65,68-77H,1-2,5-8,11-19H2,(H,78,79)/t20?,21?,22?,23?,24?,25?,26?,27?,28?,29?,30?,31?,32?,33?,34-,35-,36-,39-,40+,41-,42+,43+,44+,45+,46+,47-,48-,49?,50+,51-,52-,54-,55-,56-,57+/m1/s1. The molecule has 4 aliphatic carbocycles. The second kappa shape index (κ2) is 31.1. The fraction of sp³-hybridized carbons (Fsp3) is 0.877. The Balaban J connectivity index is 0.950. The quantitative estimate of drug-likeness (QED) is 0.0324. The van der Waals surface area contributed by atoms with E-state index in [9.17, 15) is 111 Å². The van der Waals surface area contributed by atoms with Crippen molar-refractivity contribution in [1.29, 1.82) is 0 Å². The summed E-state index contributed by atoms with van der Waals surface area (Å²) in [5.74, 6) is -6.11. The number of aliphatic hydroxyl groups is 20. The first kappa shape index (κ1) is 71.1. The molecule has 514 valence electrons. The molecule has 0 aromatic heterocycles. The molecule has 33 heteroatoms. The molecule has 0 amide bonds. The van der Waals surface area contributed by atoms with Gasteiger partial charge < -0.3 is 154 Å². The molecular weight excluding hydrogens is 1210 g/mol. The first-order chi connectivity index (χ1) is 42.7. The first-order valence-electron chi connectivity index (χ1n) is 30.7. The highest BCUT2D eigenvalue weighted by Crippen LogP contribution is 2.45. The van der Waals surface area contributed by atoms with Crippen LogP contribution in [-0.2, 0) is 61.8 Å². The minimum atomic E-state index is -2.17. The highest BCUT2D eigenvalue weighted by molar-refractivity contribution is 5.82. The van der Waals surface area contributed by atoms with Crippen LogP contribution in [0.15, 0.2) is 24.3 Å². The predicted molar refractivity (Wildman–Crippen MR) is 288 cm³/mol. The monoisotopic (exact) mass is 1300 g/mol. The van der Waals surface area contributed by atoms with Crippen molar-refractivity contribution in [2.24, 2.45) is 23.7 Å². The van der Waals surface area contributed by atoms with E-state index in [-0.39, 0.29) is 69.6 Å². The van der Waals surface area contributed by atoms with Gasteiger partial charge in [0.15, 0.2) is 43.5 Å². The Morgan fingerprint density at radius 1 is 0.456 bits per heavy atom. The van der Waals surface area contributed by atoms with Crippen LogP contribution in [0, 0.1) is 23.7 Å². The molecule has 35 atom stereocenters. The zero-order valence-electron chi connectivity index (χ0n) is 48.8. The van der Waals surface area contributed by atoms with Crippen molar-refractivity contribution < 1.29 is 164 Å². The summed E-state index contributed by atoms with van der Waals surface area (Å²) in [6.45, 7) is -2.48. The minimum absolute atomic E-state index is 0.0286. The van der Waals surface area contributed by atoms with E-state index in [0.717, 1.165) is 12.2 Å². The van der Waals surface area contributed by atoms with E-state index in [1.165, 1.54) is 12.2 Å². The number of carboxylic acid groups (broad SMARTS) is 1. The number of carbonyl (C=O) groups is 3. The molecule has 4 saturated carbocycles. The van der Waals surface area contributed by atoms with Crippen LogP contribution in [-0.4, -0.2) is 324 Å². The van der Waals surface area contributed by atoms with Gasteiger partial charge in [0.1, 0.15) is 104 Å². The molecule has 0 spiro atoms. The van der Waals surface area contributed by atoms with Crippen molar-refractivity contribution >= 4 is 17.9 Å². The number of hydrogen-bond acceptors (Lipinski definition) is 32. The van der Waals surface area contributed by atoms with E-state index in [0.29, 0.717) is 19.3 Å². The molecule has 9 rings (SSSR count). The van der Waals surface area contributed by atoms with Gasteiger partial charge in [-0.3, -0.25) is 0 Å². The summed E-state index contributed by atoms with van der Waals surface area (Å²) in [6.07, 6.45) is -43.8. The number of aliphatic hydroxyl groups excluding tert-OH is 18. The summed E-state index contributed by atoms with van der Waals surface area (Å²) in [5, 5.41) is 206. The van der Waals surface area contributed by atoms with E-state index in [4.69, 9.17) is 52.1 Å². The van der Waals surface area contributed by atoms with Crippen LogP contribution in [0.2, 0.25) is 0 Å². The van der Waals surface area contributed by atoms with Crippen molar-refractivity contribution in [3.05, 3.63) is 24.3 Å². The Morgan fingerprint density at radius 2 is 0.978 bits per heavy atom. The van der Waals surface area contributed by atoms with Gasteiger partial charge in [0.25, 0.3) is 0 Å². The van der Waals surface area contributed by atoms with Crippen molar-refractivity contribution in [1.82, 2.24) is 0 Å². The highest BCUT2D eigenvalue weighted by Gasteiger charge is 2.59. The van der Waals surface area contributed by atoms with Gasteiger partial charge in [-0.1, -0.05) is 12.2 Å². The molecule has 0 radical (unpaired) electrons. The molecule has 90 heavy (non-hydrogen) atoms. The number of aliphatic carboxylic acids is 1. The van der Waals surface area contributed by atoms with Gasteiger partial charge in [0.2, 0.25) is 0 Å². The predicted octanol–water partition coefficient (Wildman–Crippen LogP) is -10.0. The topological polar surface area (TPSA) is 544 Å². The summed E-state index contributed by atoms with van der Waals surface area (Å²) in [4.78, 5) is 38.0. The zero-order valence-corrected chi connectivity index (χ0v) is 48.8. The molecule has 9 aliphatic rings. The van der Waals surface area contributed by atoms with Crippen LogP contribution in [0.3, 0.4) is 0 Å². The highest BCUT2D eigenvalue weighted by atomic mass is 16.8. The van der Waals surface area contributed by atoms with Crippen LogP contribution in [0.5, 0.6) is 0 Å². The number of carboxylic acids is 1. The lowest BCUT2D eigenvalue weighted by Crippen LogP contribution is -2.66. The summed E-state index contributed by atoms with van der Waals surface area (Å²) in [6, 6.07) is 0. The number of rotatable bonds is 19. The number of hydrogen-bond donors (Lipinski definition) is 18. The molecular formula is C57H88O33. The normalized spacial score (nSPS) is 49.6. The maximum Gasteiger partial charge on any atom is 0.330 e. The summed E-state index contributed by atoms with van der Waals surface area (Å²) in [5.41, 5.74) is 0. The number of esters is 2. The lowest BCUT2D eigenvalue weighted by atomic mass is 9.72. The van der Waals surface area contributed by atoms with Gasteiger partial charge in [-0.25, -0.2) is 9.59 Å². The Morgan fingerprint density at radius 3 is 1.57 bits per heavy atom.